The third-order valence-corrected chi connectivity index (χ3v) is 4.64. The van der Waals surface area contributed by atoms with Crippen molar-refractivity contribution in [3.8, 4) is 5.75 Å². The average Bonchev–Trinajstić information content (AvgIpc) is 3.01. The number of nitrogens with two attached hydrogens (primary N) is 1. The third kappa shape index (κ3) is 2.44. The van der Waals surface area contributed by atoms with Crippen molar-refractivity contribution < 1.29 is 9.84 Å². The quantitative estimate of drug-likeness (QED) is 0.828. The minimum Gasteiger partial charge on any atom is -0.491 e. The lowest BCUT2D eigenvalue weighted by molar-refractivity contribution is 0.133. The Bertz CT molecular complexity index is 478. The van der Waals surface area contributed by atoms with Gasteiger partial charge in [0.1, 0.15) is 5.75 Å². The second-order valence-electron chi connectivity index (χ2n) is 6.04. The smallest absolute Gasteiger partial charge is 0.144 e. The predicted octanol–water partition coefficient (Wildman–Crippen LogP) is 2.26. The summed E-state index contributed by atoms with van der Waals surface area (Å²) in [5.74, 6) is 1.86. The maximum Gasteiger partial charge on any atom is 0.144 e. The van der Waals surface area contributed by atoms with E-state index in [-0.39, 0.29) is 6.10 Å². The lowest BCUT2D eigenvalue weighted by atomic mass is 10.00. The van der Waals surface area contributed by atoms with Crippen molar-refractivity contribution in [2.24, 2.45) is 11.8 Å². The zero-order valence-electron chi connectivity index (χ0n) is 12.1. The van der Waals surface area contributed by atoms with Crippen LogP contribution < -0.4 is 15.4 Å². The van der Waals surface area contributed by atoms with Crippen molar-refractivity contribution in [1.82, 2.24) is 0 Å². The summed E-state index contributed by atoms with van der Waals surface area (Å²) in [4.78, 5) is 2.36. The monoisotopic (exact) mass is 276 g/mol. The second kappa shape index (κ2) is 5.52. The molecule has 20 heavy (non-hydrogen) atoms. The highest BCUT2D eigenvalue weighted by molar-refractivity contribution is 5.62. The Morgan fingerprint density at radius 1 is 1.35 bits per heavy atom. The Kier molecular flexibility index (Phi) is 3.74. The van der Waals surface area contributed by atoms with Gasteiger partial charge in [0.25, 0.3) is 0 Å². The van der Waals surface area contributed by atoms with E-state index in [0.29, 0.717) is 24.1 Å². The second-order valence-corrected chi connectivity index (χ2v) is 6.04. The van der Waals surface area contributed by atoms with Gasteiger partial charge in [0.05, 0.1) is 18.4 Å². The molecule has 3 atom stereocenters. The SMILES string of the molecule is CCCOc1cc(N2CC3CCC(O)C3C2)ccc1N. The predicted molar refractivity (Wildman–Crippen MR) is 81.1 cm³/mol. The Morgan fingerprint density at radius 2 is 2.20 bits per heavy atom. The fraction of sp³-hybridized carbons (Fsp3) is 0.625. The molecule has 1 aliphatic carbocycles. The van der Waals surface area contributed by atoms with Crippen LogP contribution in [-0.2, 0) is 0 Å². The van der Waals surface area contributed by atoms with Crippen LogP contribution in [0.3, 0.4) is 0 Å². The maximum absolute atomic E-state index is 10.0. The Labute approximate surface area is 120 Å². The molecule has 1 aliphatic heterocycles. The van der Waals surface area contributed by atoms with Crippen LogP contribution in [0.4, 0.5) is 11.4 Å². The Morgan fingerprint density at radius 3 is 2.95 bits per heavy atom. The van der Waals surface area contributed by atoms with Gasteiger partial charge in [-0.3, -0.25) is 0 Å². The van der Waals surface area contributed by atoms with Crippen molar-refractivity contribution in [2.45, 2.75) is 32.3 Å². The van der Waals surface area contributed by atoms with E-state index < -0.39 is 0 Å². The Balaban J connectivity index is 1.74. The van der Waals surface area contributed by atoms with Gasteiger partial charge in [0.2, 0.25) is 0 Å². The lowest BCUT2D eigenvalue weighted by Crippen LogP contribution is -2.24. The van der Waals surface area contributed by atoms with Gasteiger partial charge >= 0.3 is 0 Å². The minimum atomic E-state index is -0.116. The van der Waals surface area contributed by atoms with Crippen molar-refractivity contribution in [2.75, 3.05) is 30.3 Å². The summed E-state index contributed by atoms with van der Waals surface area (Å²) in [6.45, 7) is 4.77. The molecular weight excluding hydrogens is 252 g/mol. The van der Waals surface area contributed by atoms with Crippen LogP contribution in [0, 0.1) is 11.8 Å². The number of nitrogens with zero attached hydrogens (tertiary/aromatic N) is 1. The van der Waals surface area contributed by atoms with Crippen LogP contribution in [0.5, 0.6) is 5.75 Å². The summed E-state index contributed by atoms with van der Waals surface area (Å²) >= 11 is 0. The number of anilines is 2. The zero-order valence-corrected chi connectivity index (χ0v) is 12.1. The van der Waals surface area contributed by atoms with Crippen molar-refractivity contribution in [3.05, 3.63) is 18.2 Å². The lowest BCUT2D eigenvalue weighted by Gasteiger charge is -2.22. The van der Waals surface area contributed by atoms with E-state index in [1.165, 1.54) is 0 Å². The number of fused-ring (bicyclic) bond motifs is 1. The fourth-order valence-electron chi connectivity index (χ4n) is 3.50. The topological polar surface area (TPSA) is 58.7 Å². The summed E-state index contributed by atoms with van der Waals surface area (Å²) in [6, 6.07) is 6.02. The molecule has 1 saturated heterocycles. The van der Waals surface area contributed by atoms with Crippen molar-refractivity contribution in [1.29, 1.82) is 0 Å². The van der Waals surface area contributed by atoms with Crippen molar-refractivity contribution >= 4 is 11.4 Å². The largest absolute Gasteiger partial charge is 0.491 e. The number of nitrogen functional groups attached to an aromatic ring is 1. The van der Waals surface area contributed by atoms with Gasteiger partial charge in [-0.25, -0.2) is 0 Å². The van der Waals surface area contributed by atoms with Crippen LogP contribution >= 0.6 is 0 Å². The van der Waals surface area contributed by atoms with Gasteiger partial charge in [-0.2, -0.15) is 0 Å². The van der Waals surface area contributed by atoms with Crippen LogP contribution in [0.25, 0.3) is 0 Å². The van der Waals surface area contributed by atoms with E-state index in [4.69, 9.17) is 10.5 Å². The van der Waals surface area contributed by atoms with Crippen LogP contribution in [0.2, 0.25) is 0 Å². The molecule has 3 N–H and O–H groups in total. The minimum absolute atomic E-state index is 0.116. The maximum atomic E-state index is 10.0. The molecule has 1 aromatic rings. The van der Waals surface area contributed by atoms with Crippen LogP contribution in [-0.4, -0.2) is 30.9 Å². The molecule has 2 fully saturated rings. The number of aliphatic hydroxyl groups is 1. The van der Waals surface area contributed by atoms with Gasteiger partial charge in [0, 0.05) is 30.8 Å². The van der Waals surface area contributed by atoms with Crippen LogP contribution in [0.1, 0.15) is 26.2 Å². The molecule has 0 radical (unpaired) electrons. The number of aliphatic hydroxyl groups excluding tert-OH is 1. The molecule has 0 bridgehead atoms. The molecule has 3 rings (SSSR count). The van der Waals surface area contributed by atoms with Crippen molar-refractivity contribution in [3.63, 3.8) is 0 Å². The fourth-order valence-corrected chi connectivity index (χ4v) is 3.50. The van der Waals surface area contributed by atoms with Gasteiger partial charge in [-0.05, 0) is 37.3 Å². The molecule has 4 nitrogen and oxygen atoms in total. The van der Waals surface area contributed by atoms with Gasteiger partial charge in [0.15, 0.2) is 0 Å². The molecule has 2 aliphatic rings. The number of ether oxygens (including phenoxy) is 1. The highest BCUT2D eigenvalue weighted by atomic mass is 16.5. The summed E-state index contributed by atoms with van der Waals surface area (Å²) in [5.41, 5.74) is 7.81. The van der Waals surface area contributed by atoms with E-state index in [1.807, 2.05) is 12.1 Å². The number of rotatable bonds is 4. The van der Waals surface area contributed by atoms with E-state index >= 15 is 0 Å². The summed E-state index contributed by atoms with van der Waals surface area (Å²) in [5, 5.41) is 10.0. The first-order valence-electron chi connectivity index (χ1n) is 7.64. The summed E-state index contributed by atoms with van der Waals surface area (Å²) in [6.07, 6.45) is 2.98. The van der Waals surface area contributed by atoms with E-state index in [0.717, 1.165) is 43.8 Å². The normalized spacial score (nSPS) is 28.7. The van der Waals surface area contributed by atoms with Gasteiger partial charge in [-0.1, -0.05) is 6.92 Å². The first kappa shape index (κ1) is 13.6. The first-order valence-corrected chi connectivity index (χ1v) is 7.64. The number of hydrogen-bond donors (Lipinski definition) is 2. The third-order valence-electron chi connectivity index (χ3n) is 4.64. The van der Waals surface area contributed by atoms with E-state index in [2.05, 4.69) is 17.9 Å². The van der Waals surface area contributed by atoms with Gasteiger partial charge < -0.3 is 20.5 Å². The van der Waals surface area contributed by atoms with E-state index in [1.54, 1.807) is 0 Å². The molecule has 1 heterocycles. The highest BCUT2D eigenvalue weighted by Gasteiger charge is 2.41. The molecule has 110 valence electrons. The number of hydrogen-bond acceptors (Lipinski definition) is 4. The molecular formula is C16H24N2O2. The summed E-state index contributed by atoms with van der Waals surface area (Å²) < 4.78 is 5.70. The average molecular weight is 276 g/mol. The molecule has 4 heteroatoms. The first-order chi connectivity index (χ1) is 9.69. The standard InChI is InChI=1S/C16H24N2O2/c1-2-7-20-16-8-12(4-5-14(16)17)18-9-11-3-6-15(19)13(11)10-18/h4-5,8,11,13,15,19H,2-3,6-7,9-10,17H2,1H3. The molecule has 0 amide bonds. The van der Waals surface area contributed by atoms with Crippen LogP contribution in [0.15, 0.2) is 18.2 Å². The zero-order chi connectivity index (χ0) is 14.1. The molecule has 1 aromatic carbocycles. The molecule has 3 unspecified atom stereocenters. The molecule has 1 saturated carbocycles. The molecule has 0 aromatic heterocycles. The van der Waals surface area contributed by atoms with Gasteiger partial charge in [-0.15, -0.1) is 0 Å². The summed E-state index contributed by atoms with van der Waals surface area (Å²) in [7, 11) is 0. The van der Waals surface area contributed by atoms with E-state index in [9.17, 15) is 5.11 Å². The highest BCUT2D eigenvalue weighted by Crippen LogP contribution is 2.40. The number of benzene rings is 1. The Hall–Kier alpha value is -1.42. The molecule has 0 spiro atoms.